The van der Waals surface area contributed by atoms with Crippen molar-refractivity contribution in [3.8, 4) is 0 Å². The lowest BCUT2D eigenvalue weighted by molar-refractivity contribution is -0.136. The zero-order valence-corrected chi connectivity index (χ0v) is 16.6. The highest BCUT2D eigenvalue weighted by atomic mass is 16.2. The third-order valence-corrected chi connectivity index (χ3v) is 6.91. The van der Waals surface area contributed by atoms with E-state index in [-0.39, 0.29) is 23.8 Å². The second-order valence-electron chi connectivity index (χ2n) is 8.75. The summed E-state index contributed by atoms with van der Waals surface area (Å²) in [5, 5.41) is 0. The Morgan fingerprint density at radius 1 is 1.04 bits per heavy atom. The van der Waals surface area contributed by atoms with E-state index in [0.717, 1.165) is 38.9 Å². The fourth-order valence-corrected chi connectivity index (χ4v) is 5.53. The highest BCUT2D eigenvalue weighted by Gasteiger charge is 2.50. The summed E-state index contributed by atoms with van der Waals surface area (Å²) in [6.45, 7) is 3.20. The number of rotatable bonds is 6. The van der Waals surface area contributed by atoms with Crippen LogP contribution < -0.4 is 5.73 Å². The molecule has 5 heteroatoms. The summed E-state index contributed by atoms with van der Waals surface area (Å²) in [4.78, 5) is 29.4. The molecular formula is C23H32N3O2. The van der Waals surface area contributed by atoms with E-state index in [1.54, 1.807) is 0 Å². The minimum absolute atomic E-state index is 0.196. The Morgan fingerprint density at radius 3 is 2.50 bits per heavy atom. The zero-order valence-electron chi connectivity index (χ0n) is 16.6. The Labute approximate surface area is 168 Å². The Kier molecular flexibility index (Phi) is 6.00. The van der Waals surface area contributed by atoms with Crippen molar-refractivity contribution in [2.75, 3.05) is 26.2 Å². The van der Waals surface area contributed by atoms with Gasteiger partial charge in [-0.2, -0.15) is 0 Å². The summed E-state index contributed by atoms with van der Waals surface area (Å²) in [5.41, 5.74) is 7.01. The van der Waals surface area contributed by atoms with Crippen LogP contribution in [-0.2, 0) is 9.59 Å². The highest BCUT2D eigenvalue weighted by molar-refractivity contribution is 5.82. The minimum Gasteiger partial charge on any atom is -0.368 e. The van der Waals surface area contributed by atoms with Crippen LogP contribution in [0.1, 0.15) is 44.1 Å². The van der Waals surface area contributed by atoms with Crippen molar-refractivity contribution in [3.05, 3.63) is 42.3 Å². The Bertz CT molecular complexity index is 686. The van der Waals surface area contributed by atoms with Crippen LogP contribution in [0.3, 0.4) is 0 Å². The monoisotopic (exact) mass is 382 g/mol. The largest absolute Gasteiger partial charge is 0.368 e. The van der Waals surface area contributed by atoms with Gasteiger partial charge < -0.3 is 10.6 Å². The first-order valence-corrected chi connectivity index (χ1v) is 10.8. The quantitative estimate of drug-likeness (QED) is 0.822. The molecule has 28 heavy (non-hydrogen) atoms. The smallest absolute Gasteiger partial charge is 0.235 e. The molecule has 2 unspecified atom stereocenters. The molecule has 2 amide bonds. The standard InChI is InChI=1S/C23H32N3O2/c24-22(27)21-20-16-26(23(28)18-11-5-2-6-12-18)15-19(20)14-25(21)13-7-10-17-8-3-1-4-9-17/h1,3-4,8-10,18-21H,2,5-7,11-16H2,(H2,24,27)/t19?,20-,21?/m1/s1. The van der Waals surface area contributed by atoms with Crippen molar-refractivity contribution >= 4 is 11.8 Å². The average molecular weight is 383 g/mol. The Balaban J connectivity index is 1.33. The van der Waals surface area contributed by atoms with Crippen LogP contribution >= 0.6 is 0 Å². The molecule has 3 atom stereocenters. The number of nitrogens with zero attached hydrogens (tertiary/aromatic N) is 2. The van der Waals surface area contributed by atoms with Crippen LogP contribution in [0.2, 0.25) is 0 Å². The first-order valence-electron chi connectivity index (χ1n) is 10.8. The molecule has 2 aliphatic heterocycles. The van der Waals surface area contributed by atoms with Gasteiger partial charge in [0.15, 0.2) is 0 Å². The fraction of sp³-hybridized carbons (Fsp3) is 0.609. The number of hydrogen-bond donors (Lipinski definition) is 1. The lowest BCUT2D eigenvalue weighted by Crippen LogP contribution is -2.47. The average Bonchev–Trinajstić information content (AvgIpc) is 3.26. The van der Waals surface area contributed by atoms with Crippen molar-refractivity contribution in [2.45, 2.75) is 44.6 Å². The first kappa shape index (κ1) is 19.4. The van der Waals surface area contributed by atoms with Crippen molar-refractivity contribution in [1.82, 2.24) is 9.80 Å². The number of fused-ring (bicyclic) bond motifs is 1. The van der Waals surface area contributed by atoms with Gasteiger partial charge in [0.2, 0.25) is 11.8 Å². The van der Waals surface area contributed by atoms with Gasteiger partial charge in [0.05, 0.1) is 6.04 Å². The molecule has 0 spiro atoms. The van der Waals surface area contributed by atoms with Crippen LogP contribution in [0.5, 0.6) is 0 Å². The molecular weight excluding hydrogens is 350 g/mol. The number of hydrogen-bond acceptors (Lipinski definition) is 3. The molecule has 151 valence electrons. The molecule has 1 radical (unpaired) electrons. The number of carbonyl (C=O) groups is 2. The Hall–Kier alpha value is -1.88. The van der Waals surface area contributed by atoms with Gasteiger partial charge in [-0.1, -0.05) is 49.6 Å². The molecule has 1 saturated carbocycles. The topological polar surface area (TPSA) is 66.6 Å². The number of amides is 2. The lowest BCUT2D eigenvalue weighted by Gasteiger charge is -2.30. The maximum atomic E-state index is 12.9. The van der Waals surface area contributed by atoms with E-state index < -0.39 is 0 Å². The molecule has 0 aromatic heterocycles. The third kappa shape index (κ3) is 4.09. The maximum Gasteiger partial charge on any atom is 0.235 e. The van der Waals surface area contributed by atoms with E-state index in [0.29, 0.717) is 18.4 Å². The van der Waals surface area contributed by atoms with Gasteiger partial charge in [0, 0.05) is 31.5 Å². The molecule has 2 heterocycles. The molecule has 2 saturated heterocycles. The first-order chi connectivity index (χ1) is 13.6. The van der Waals surface area contributed by atoms with Crippen molar-refractivity contribution in [1.29, 1.82) is 0 Å². The van der Waals surface area contributed by atoms with Crippen LogP contribution in [0, 0.1) is 24.2 Å². The minimum atomic E-state index is -0.238. The van der Waals surface area contributed by atoms with Gasteiger partial charge >= 0.3 is 0 Å². The van der Waals surface area contributed by atoms with Gasteiger partial charge in [-0.15, -0.1) is 0 Å². The summed E-state index contributed by atoms with van der Waals surface area (Å²) in [7, 11) is 0. The van der Waals surface area contributed by atoms with E-state index in [1.807, 2.05) is 23.1 Å². The summed E-state index contributed by atoms with van der Waals surface area (Å²) in [6.07, 6.45) is 8.78. The number of benzene rings is 1. The second kappa shape index (κ2) is 8.64. The molecule has 0 bridgehead atoms. The zero-order chi connectivity index (χ0) is 19.5. The summed E-state index contributed by atoms with van der Waals surface area (Å²) in [6, 6.07) is 10.0. The van der Waals surface area contributed by atoms with E-state index in [1.165, 1.54) is 24.8 Å². The number of nitrogens with two attached hydrogens (primary N) is 1. The van der Waals surface area contributed by atoms with E-state index in [4.69, 9.17) is 5.73 Å². The van der Waals surface area contributed by atoms with E-state index in [2.05, 4.69) is 23.5 Å². The van der Waals surface area contributed by atoms with Crippen molar-refractivity contribution < 1.29 is 9.59 Å². The molecule has 3 fully saturated rings. The molecule has 1 aromatic rings. The summed E-state index contributed by atoms with van der Waals surface area (Å²) < 4.78 is 0. The van der Waals surface area contributed by atoms with Gasteiger partial charge in [0.25, 0.3) is 0 Å². The van der Waals surface area contributed by atoms with Gasteiger partial charge in [-0.3, -0.25) is 14.5 Å². The predicted octanol–water partition coefficient (Wildman–Crippen LogP) is 2.45. The second-order valence-corrected chi connectivity index (χ2v) is 8.75. The number of carbonyl (C=O) groups excluding carboxylic acids is 2. The number of likely N-dealkylation sites (tertiary alicyclic amines) is 2. The lowest BCUT2D eigenvalue weighted by atomic mass is 9.88. The molecule has 2 N–H and O–H groups in total. The SMILES string of the molecule is NC(=O)C1[C@@H]2CN(C(=O)C3CCCCC3)CC2CN1CC[CH]c1ccccc1. The molecule has 4 rings (SSSR count). The van der Waals surface area contributed by atoms with Crippen molar-refractivity contribution in [3.63, 3.8) is 0 Å². The molecule has 1 aliphatic carbocycles. The number of primary amides is 1. The van der Waals surface area contributed by atoms with Gasteiger partial charge in [0.1, 0.15) is 0 Å². The Morgan fingerprint density at radius 2 is 1.79 bits per heavy atom. The normalized spacial score (nSPS) is 28.4. The van der Waals surface area contributed by atoms with Crippen LogP contribution in [0.4, 0.5) is 0 Å². The van der Waals surface area contributed by atoms with E-state index >= 15 is 0 Å². The highest BCUT2D eigenvalue weighted by Crippen LogP contribution is 2.38. The maximum absolute atomic E-state index is 12.9. The van der Waals surface area contributed by atoms with Crippen LogP contribution in [0.15, 0.2) is 30.3 Å². The summed E-state index contributed by atoms with van der Waals surface area (Å²) in [5.74, 6) is 0.861. The summed E-state index contributed by atoms with van der Waals surface area (Å²) >= 11 is 0. The predicted molar refractivity (Wildman–Crippen MR) is 109 cm³/mol. The van der Waals surface area contributed by atoms with Gasteiger partial charge in [-0.25, -0.2) is 0 Å². The molecule has 1 aromatic carbocycles. The van der Waals surface area contributed by atoms with Crippen molar-refractivity contribution in [2.24, 2.45) is 23.5 Å². The third-order valence-electron chi connectivity index (χ3n) is 6.91. The molecule has 3 aliphatic rings. The molecule has 5 nitrogen and oxygen atoms in total. The van der Waals surface area contributed by atoms with Crippen LogP contribution in [-0.4, -0.2) is 53.8 Å². The van der Waals surface area contributed by atoms with Gasteiger partial charge in [-0.05, 0) is 43.7 Å². The fourth-order valence-electron chi connectivity index (χ4n) is 5.53. The van der Waals surface area contributed by atoms with E-state index in [9.17, 15) is 9.59 Å². The van der Waals surface area contributed by atoms with Crippen LogP contribution in [0.25, 0.3) is 0 Å².